The largest absolute Gasteiger partial charge is 0.478 e. The number of amidine groups is 1. The molecule has 0 aromatic carbocycles. The number of halogens is 3. The normalized spacial score (nSPS) is 21.8. The molecule has 0 aliphatic carbocycles. The number of pyridine rings is 1. The number of carbonyl (C=O) groups is 1. The van der Waals surface area contributed by atoms with Gasteiger partial charge in [0.25, 0.3) is 0 Å². The van der Waals surface area contributed by atoms with Gasteiger partial charge in [-0.3, -0.25) is 4.98 Å². The molecular formula is C13H13F3N4O2. The number of azo groups is 1. The van der Waals surface area contributed by atoms with Crippen molar-refractivity contribution in [3.63, 3.8) is 0 Å². The van der Waals surface area contributed by atoms with Gasteiger partial charge in [-0.2, -0.15) is 13.2 Å². The molecule has 1 aliphatic rings. The van der Waals surface area contributed by atoms with Crippen molar-refractivity contribution in [2.45, 2.75) is 38.0 Å². The molecule has 22 heavy (non-hydrogen) atoms. The molecule has 1 aromatic rings. The first-order valence-corrected chi connectivity index (χ1v) is 6.27. The molecular weight excluding hydrogens is 301 g/mol. The smallest absolute Gasteiger partial charge is 0.447 e. The van der Waals surface area contributed by atoms with Gasteiger partial charge in [0, 0.05) is 6.20 Å². The summed E-state index contributed by atoms with van der Waals surface area (Å²) in [5, 5.41) is 15.0. The summed E-state index contributed by atoms with van der Waals surface area (Å²) in [6, 6.07) is 3.23. The van der Waals surface area contributed by atoms with Crippen LogP contribution in [0.3, 0.4) is 0 Å². The second-order valence-corrected chi connectivity index (χ2v) is 5.79. The molecule has 2 rings (SSSR count). The van der Waals surface area contributed by atoms with Crippen LogP contribution in [0.15, 0.2) is 33.6 Å². The van der Waals surface area contributed by atoms with Gasteiger partial charge < -0.3 is 5.11 Å². The SMILES string of the molecule is CC(C)(C)c1ccnc(C2=NC(C(=O)O)(C(F)(F)F)N=N2)c1. The van der Waals surface area contributed by atoms with Crippen LogP contribution in [-0.4, -0.2) is 33.7 Å². The average Bonchev–Trinajstić information content (AvgIpc) is 2.84. The summed E-state index contributed by atoms with van der Waals surface area (Å²) in [5.74, 6) is -2.68. The number of nitrogens with zero attached hydrogens (tertiary/aromatic N) is 4. The van der Waals surface area contributed by atoms with Crippen molar-refractivity contribution in [3.05, 3.63) is 29.6 Å². The molecule has 1 unspecified atom stereocenters. The van der Waals surface area contributed by atoms with E-state index in [1.54, 1.807) is 6.07 Å². The van der Waals surface area contributed by atoms with E-state index in [1.165, 1.54) is 12.3 Å². The first kappa shape index (κ1) is 16.1. The molecule has 0 spiro atoms. The summed E-state index contributed by atoms with van der Waals surface area (Å²) in [4.78, 5) is 18.0. The van der Waals surface area contributed by atoms with Gasteiger partial charge in [0.15, 0.2) is 5.84 Å². The van der Waals surface area contributed by atoms with Gasteiger partial charge >= 0.3 is 17.8 Å². The third kappa shape index (κ3) is 2.58. The van der Waals surface area contributed by atoms with Crippen molar-refractivity contribution in [1.82, 2.24) is 4.98 Å². The van der Waals surface area contributed by atoms with Gasteiger partial charge in [-0.05, 0) is 23.1 Å². The Labute approximate surface area is 123 Å². The van der Waals surface area contributed by atoms with Crippen LogP contribution < -0.4 is 0 Å². The highest BCUT2D eigenvalue weighted by atomic mass is 19.4. The summed E-state index contributed by atoms with van der Waals surface area (Å²) in [6.45, 7) is 5.75. The number of alkyl halides is 3. The fraction of sp³-hybridized carbons (Fsp3) is 0.462. The van der Waals surface area contributed by atoms with Crippen molar-refractivity contribution >= 4 is 11.8 Å². The predicted molar refractivity (Wildman–Crippen MR) is 70.8 cm³/mol. The average molecular weight is 314 g/mol. The number of hydrogen-bond acceptors (Lipinski definition) is 5. The highest BCUT2D eigenvalue weighted by Gasteiger charge is 2.65. The molecule has 1 N–H and O–H groups in total. The van der Waals surface area contributed by atoms with Crippen LogP contribution >= 0.6 is 0 Å². The summed E-state index contributed by atoms with van der Waals surface area (Å²) < 4.78 is 38.9. The minimum absolute atomic E-state index is 0.0450. The molecule has 0 fully saturated rings. The summed E-state index contributed by atoms with van der Waals surface area (Å²) in [7, 11) is 0. The first-order chi connectivity index (χ1) is 9.97. The first-order valence-electron chi connectivity index (χ1n) is 6.27. The Morgan fingerprint density at radius 3 is 2.36 bits per heavy atom. The molecule has 6 nitrogen and oxygen atoms in total. The van der Waals surface area contributed by atoms with E-state index in [9.17, 15) is 18.0 Å². The van der Waals surface area contributed by atoms with Crippen LogP contribution in [0.5, 0.6) is 0 Å². The quantitative estimate of drug-likeness (QED) is 0.910. The Hall–Kier alpha value is -2.32. The van der Waals surface area contributed by atoms with Crippen molar-refractivity contribution in [1.29, 1.82) is 0 Å². The van der Waals surface area contributed by atoms with Gasteiger partial charge in [0.1, 0.15) is 5.69 Å². The van der Waals surface area contributed by atoms with Crippen LogP contribution in [0.25, 0.3) is 0 Å². The minimum atomic E-state index is -5.19. The van der Waals surface area contributed by atoms with Crippen molar-refractivity contribution in [3.8, 4) is 0 Å². The van der Waals surface area contributed by atoms with Gasteiger partial charge in [0.2, 0.25) is 0 Å². The van der Waals surface area contributed by atoms with Crippen LogP contribution in [0.4, 0.5) is 13.2 Å². The lowest BCUT2D eigenvalue weighted by Crippen LogP contribution is -2.47. The monoisotopic (exact) mass is 314 g/mol. The van der Waals surface area contributed by atoms with E-state index in [0.717, 1.165) is 5.56 Å². The fourth-order valence-corrected chi connectivity index (χ4v) is 1.78. The maximum atomic E-state index is 13.0. The molecule has 1 aliphatic heterocycles. The van der Waals surface area contributed by atoms with Gasteiger partial charge in [-0.15, -0.1) is 10.2 Å². The summed E-state index contributed by atoms with van der Waals surface area (Å²) in [5.41, 5.74) is -3.01. The van der Waals surface area contributed by atoms with Crippen molar-refractivity contribution in [2.24, 2.45) is 15.2 Å². The number of aromatic nitrogens is 1. The van der Waals surface area contributed by atoms with Gasteiger partial charge in [-0.1, -0.05) is 20.8 Å². The molecule has 0 saturated heterocycles. The van der Waals surface area contributed by atoms with E-state index in [0.29, 0.717) is 0 Å². The number of carboxylic acid groups (broad SMARTS) is 1. The van der Waals surface area contributed by atoms with Crippen LogP contribution in [0.2, 0.25) is 0 Å². The van der Waals surface area contributed by atoms with E-state index in [4.69, 9.17) is 5.11 Å². The third-order valence-electron chi connectivity index (χ3n) is 3.11. The molecule has 1 atom stereocenters. The topological polar surface area (TPSA) is 87.3 Å². The highest BCUT2D eigenvalue weighted by Crippen LogP contribution is 2.39. The Morgan fingerprint density at radius 2 is 1.91 bits per heavy atom. The number of carboxylic acids is 1. The van der Waals surface area contributed by atoms with Crippen LogP contribution in [-0.2, 0) is 10.2 Å². The van der Waals surface area contributed by atoms with Crippen LogP contribution in [0.1, 0.15) is 32.0 Å². The van der Waals surface area contributed by atoms with Crippen molar-refractivity contribution in [2.75, 3.05) is 0 Å². The number of aliphatic imine (C=N–C) groups is 1. The van der Waals surface area contributed by atoms with E-state index < -0.39 is 23.6 Å². The zero-order valence-electron chi connectivity index (χ0n) is 12.0. The lowest BCUT2D eigenvalue weighted by Gasteiger charge is -2.19. The van der Waals surface area contributed by atoms with Gasteiger partial charge in [-0.25, -0.2) is 9.79 Å². The molecule has 118 valence electrons. The maximum absolute atomic E-state index is 13.0. The van der Waals surface area contributed by atoms with E-state index in [1.807, 2.05) is 20.8 Å². The maximum Gasteiger partial charge on any atom is 0.447 e. The second-order valence-electron chi connectivity index (χ2n) is 5.79. The lowest BCUT2D eigenvalue weighted by atomic mass is 9.87. The van der Waals surface area contributed by atoms with E-state index in [2.05, 4.69) is 20.2 Å². The highest BCUT2D eigenvalue weighted by molar-refractivity contribution is 6.01. The van der Waals surface area contributed by atoms with Crippen molar-refractivity contribution < 1.29 is 23.1 Å². The third-order valence-corrected chi connectivity index (χ3v) is 3.11. The predicted octanol–water partition coefficient (Wildman–Crippen LogP) is 2.93. The molecule has 9 heteroatoms. The van der Waals surface area contributed by atoms with Gasteiger partial charge in [0.05, 0.1) is 0 Å². The molecule has 0 radical (unpaired) electrons. The minimum Gasteiger partial charge on any atom is -0.478 e. The molecule has 1 aromatic heterocycles. The molecule has 0 bridgehead atoms. The molecule has 0 saturated carbocycles. The molecule has 0 amide bonds. The number of aliphatic carboxylic acids is 1. The van der Waals surface area contributed by atoms with Crippen LogP contribution in [0, 0.1) is 0 Å². The number of rotatable bonds is 2. The standard InChI is InChI=1S/C13H13F3N4O2/c1-11(2,3)7-4-5-17-8(6-7)9-18-12(10(21)22,20-19-9)13(14,15)16/h4-6H,1-3H3,(H,21,22). The van der Waals surface area contributed by atoms with E-state index in [-0.39, 0.29) is 11.1 Å². The molecule has 2 heterocycles. The number of hydrogen-bond donors (Lipinski definition) is 1. The van der Waals surface area contributed by atoms with E-state index >= 15 is 0 Å². The summed E-state index contributed by atoms with van der Waals surface area (Å²) in [6.07, 6.45) is -3.78. The lowest BCUT2D eigenvalue weighted by molar-refractivity contribution is -0.199. The Bertz CT molecular complexity index is 677. The fourth-order valence-electron chi connectivity index (χ4n) is 1.78. The Kier molecular flexibility index (Phi) is 3.54. The Balaban J connectivity index is 2.51. The summed E-state index contributed by atoms with van der Waals surface area (Å²) >= 11 is 0. The second kappa shape index (κ2) is 4.85. The zero-order valence-corrected chi connectivity index (χ0v) is 12.0. The Morgan fingerprint density at radius 1 is 1.27 bits per heavy atom. The zero-order chi connectivity index (χ0) is 16.8.